The lowest BCUT2D eigenvalue weighted by molar-refractivity contribution is 0.0187. The quantitative estimate of drug-likeness (QED) is 0.803. The summed E-state index contributed by atoms with van der Waals surface area (Å²) in [4.78, 5) is 2.50. The maximum Gasteiger partial charge on any atom is 0.294 e. The van der Waals surface area contributed by atoms with E-state index in [1.807, 2.05) is 6.92 Å². The molecule has 0 amide bonds. The molecule has 0 atom stereocenters. The topological polar surface area (TPSA) is 47.5 Å². The molecule has 2 rings (SSSR count). The van der Waals surface area contributed by atoms with Gasteiger partial charge in [0, 0.05) is 25.3 Å². The van der Waals surface area contributed by atoms with Crippen LogP contribution in [0.15, 0.2) is 0 Å². The van der Waals surface area contributed by atoms with Crippen LogP contribution in [-0.2, 0) is 11.3 Å². The van der Waals surface area contributed by atoms with E-state index in [4.69, 9.17) is 9.47 Å². The van der Waals surface area contributed by atoms with E-state index in [-0.39, 0.29) is 0 Å². The largest absolute Gasteiger partial charge is 0.469 e. The van der Waals surface area contributed by atoms with Gasteiger partial charge < -0.3 is 9.47 Å². The molecule has 0 spiro atoms. The third-order valence-electron chi connectivity index (χ3n) is 3.36. The molecule has 0 N–H and O–H groups in total. The molecule has 1 saturated heterocycles. The minimum Gasteiger partial charge on any atom is -0.469 e. The molecule has 0 unspecified atom stereocenters. The first-order valence-corrected chi connectivity index (χ1v) is 7.81. The Morgan fingerprint density at radius 2 is 2.11 bits per heavy atom. The number of rotatable bonds is 6. The summed E-state index contributed by atoms with van der Waals surface area (Å²) >= 11 is 1.55. The van der Waals surface area contributed by atoms with Gasteiger partial charge in [-0.25, -0.2) is 0 Å². The highest BCUT2D eigenvalue weighted by atomic mass is 32.1. The standard InChI is InChI=1S/C13H23N3O2S/c1-4-18-13-15-14-12(19-13)9-16(10(2)3)11-5-7-17-8-6-11/h10-11H,4-9H2,1-3H3. The molecule has 6 heteroatoms. The summed E-state index contributed by atoms with van der Waals surface area (Å²) in [5, 5.41) is 9.99. The minimum atomic E-state index is 0.502. The Labute approximate surface area is 118 Å². The van der Waals surface area contributed by atoms with E-state index in [9.17, 15) is 0 Å². The van der Waals surface area contributed by atoms with Crippen molar-refractivity contribution >= 4 is 11.3 Å². The Balaban J connectivity index is 1.98. The van der Waals surface area contributed by atoms with Crippen molar-refractivity contribution < 1.29 is 9.47 Å². The van der Waals surface area contributed by atoms with Crippen molar-refractivity contribution in [2.45, 2.75) is 52.2 Å². The van der Waals surface area contributed by atoms with E-state index in [1.165, 1.54) is 0 Å². The van der Waals surface area contributed by atoms with Gasteiger partial charge in [-0.3, -0.25) is 4.90 Å². The van der Waals surface area contributed by atoms with E-state index in [0.717, 1.165) is 37.6 Å². The molecule has 0 aliphatic carbocycles. The molecule has 1 aliphatic rings. The third-order valence-corrected chi connectivity index (χ3v) is 4.18. The van der Waals surface area contributed by atoms with Gasteiger partial charge in [0.15, 0.2) is 0 Å². The van der Waals surface area contributed by atoms with Crippen molar-refractivity contribution in [2.24, 2.45) is 0 Å². The van der Waals surface area contributed by atoms with Crippen molar-refractivity contribution in [3.05, 3.63) is 5.01 Å². The van der Waals surface area contributed by atoms with Crippen LogP contribution in [0.25, 0.3) is 0 Å². The van der Waals surface area contributed by atoms with Crippen molar-refractivity contribution in [3.8, 4) is 5.19 Å². The summed E-state index contributed by atoms with van der Waals surface area (Å²) in [6.07, 6.45) is 2.21. The van der Waals surface area contributed by atoms with Gasteiger partial charge in [0.2, 0.25) is 0 Å². The van der Waals surface area contributed by atoms with Crippen LogP contribution in [0.2, 0.25) is 0 Å². The number of aromatic nitrogens is 2. The summed E-state index contributed by atoms with van der Waals surface area (Å²) in [6, 6.07) is 1.09. The van der Waals surface area contributed by atoms with Crippen LogP contribution in [0, 0.1) is 0 Å². The highest BCUT2D eigenvalue weighted by Gasteiger charge is 2.25. The normalized spacial score (nSPS) is 17.3. The van der Waals surface area contributed by atoms with Gasteiger partial charge in [0.1, 0.15) is 5.01 Å². The van der Waals surface area contributed by atoms with Crippen LogP contribution in [0.3, 0.4) is 0 Å². The molecule has 0 radical (unpaired) electrons. The molecule has 1 aromatic heterocycles. The predicted octanol–water partition coefficient (Wildman–Crippen LogP) is 2.33. The summed E-state index contributed by atoms with van der Waals surface area (Å²) in [6.45, 7) is 9.67. The van der Waals surface area contributed by atoms with Crippen molar-refractivity contribution in [1.82, 2.24) is 15.1 Å². The third kappa shape index (κ3) is 4.12. The lowest BCUT2D eigenvalue weighted by Crippen LogP contribution is -2.43. The zero-order valence-electron chi connectivity index (χ0n) is 12.0. The van der Waals surface area contributed by atoms with Crippen molar-refractivity contribution in [1.29, 1.82) is 0 Å². The first-order valence-electron chi connectivity index (χ1n) is 6.99. The van der Waals surface area contributed by atoms with Gasteiger partial charge in [-0.05, 0) is 33.6 Å². The minimum absolute atomic E-state index is 0.502. The molecule has 19 heavy (non-hydrogen) atoms. The number of ether oxygens (including phenoxy) is 2. The average molecular weight is 285 g/mol. The molecule has 108 valence electrons. The van der Waals surface area contributed by atoms with Crippen LogP contribution >= 0.6 is 11.3 Å². The number of nitrogens with zero attached hydrogens (tertiary/aromatic N) is 3. The Bertz CT molecular complexity index is 378. The van der Waals surface area contributed by atoms with Crippen LogP contribution in [-0.4, -0.2) is 47.0 Å². The Morgan fingerprint density at radius 3 is 2.74 bits per heavy atom. The molecule has 5 nitrogen and oxygen atoms in total. The molecular weight excluding hydrogens is 262 g/mol. The average Bonchev–Trinajstić information content (AvgIpc) is 2.85. The molecule has 0 saturated carbocycles. The van der Waals surface area contributed by atoms with E-state index >= 15 is 0 Å². The maximum absolute atomic E-state index is 5.44. The summed E-state index contributed by atoms with van der Waals surface area (Å²) in [7, 11) is 0. The second-order valence-electron chi connectivity index (χ2n) is 5.00. The Kier molecular flexibility index (Phi) is 5.54. The van der Waals surface area contributed by atoms with Gasteiger partial charge in [0.25, 0.3) is 5.19 Å². The number of hydrogen-bond donors (Lipinski definition) is 0. The highest BCUT2D eigenvalue weighted by molar-refractivity contribution is 7.13. The molecule has 1 aliphatic heterocycles. The monoisotopic (exact) mass is 285 g/mol. The SMILES string of the molecule is CCOc1nnc(CN(C(C)C)C2CCOCC2)s1. The summed E-state index contributed by atoms with van der Waals surface area (Å²) < 4.78 is 10.8. The molecule has 0 bridgehead atoms. The predicted molar refractivity (Wildman–Crippen MR) is 75.6 cm³/mol. The lowest BCUT2D eigenvalue weighted by Gasteiger charge is -2.36. The van der Waals surface area contributed by atoms with E-state index in [2.05, 4.69) is 28.9 Å². The van der Waals surface area contributed by atoms with Gasteiger partial charge in [-0.15, -0.1) is 10.2 Å². The van der Waals surface area contributed by atoms with Crippen molar-refractivity contribution in [2.75, 3.05) is 19.8 Å². The van der Waals surface area contributed by atoms with Crippen LogP contribution < -0.4 is 4.74 Å². The first kappa shape index (κ1) is 14.7. The van der Waals surface area contributed by atoms with Crippen LogP contribution in [0.4, 0.5) is 0 Å². The lowest BCUT2D eigenvalue weighted by atomic mass is 10.1. The fourth-order valence-corrected chi connectivity index (χ4v) is 3.15. The second-order valence-corrected chi connectivity index (χ2v) is 6.03. The van der Waals surface area contributed by atoms with E-state index < -0.39 is 0 Å². The van der Waals surface area contributed by atoms with Gasteiger partial charge >= 0.3 is 0 Å². The number of hydrogen-bond acceptors (Lipinski definition) is 6. The maximum atomic E-state index is 5.44. The molecular formula is C13H23N3O2S. The van der Waals surface area contributed by atoms with Gasteiger partial charge in [-0.2, -0.15) is 0 Å². The Morgan fingerprint density at radius 1 is 1.37 bits per heavy atom. The summed E-state index contributed by atoms with van der Waals surface area (Å²) in [5.74, 6) is 0. The first-order chi connectivity index (χ1) is 9.20. The highest BCUT2D eigenvalue weighted by Crippen LogP contribution is 2.24. The van der Waals surface area contributed by atoms with Crippen LogP contribution in [0.1, 0.15) is 38.6 Å². The van der Waals surface area contributed by atoms with Crippen LogP contribution in [0.5, 0.6) is 5.19 Å². The summed E-state index contributed by atoms with van der Waals surface area (Å²) in [5.41, 5.74) is 0. The van der Waals surface area contributed by atoms with E-state index in [1.54, 1.807) is 11.3 Å². The molecule has 1 aromatic rings. The van der Waals surface area contributed by atoms with E-state index in [0.29, 0.717) is 23.9 Å². The Hall–Kier alpha value is -0.720. The molecule has 1 fully saturated rings. The molecule has 0 aromatic carbocycles. The fourth-order valence-electron chi connectivity index (χ4n) is 2.39. The fraction of sp³-hybridized carbons (Fsp3) is 0.846. The zero-order valence-corrected chi connectivity index (χ0v) is 12.8. The molecule has 2 heterocycles. The zero-order chi connectivity index (χ0) is 13.7. The van der Waals surface area contributed by atoms with Crippen molar-refractivity contribution in [3.63, 3.8) is 0 Å². The van der Waals surface area contributed by atoms with Gasteiger partial charge in [0.05, 0.1) is 13.2 Å². The van der Waals surface area contributed by atoms with Gasteiger partial charge in [-0.1, -0.05) is 11.3 Å². The second kappa shape index (κ2) is 7.17. The smallest absolute Gasteiger partial charge is 0.294 e.